The van der Waals surface area contributed by atoms with Crippen molar-refractivity contribution in [3.05, 3.63) is 60.3 Å². The van der Waals surface area contributed by atoms with Crippen LogP contribution in [0.3, 0.4) is 0 Å². The van der Waals surface area contributed by atoms with Gasteiger partial charge in [0.05, 0.1) is 24.4 Å². The molecule has 4 fully saturated rings. The first-order chi connectivity index (χ1) is 33.3. The molecule has 16 nitrogen and oxygen atoms in total. The normalized spacial score (nSPS) is 37.8. The number of ether oxygens (including phenoxy) is 7. The second-order valence-corrected chi connectivity index (χ2v) is 20.5. The molecule has 3 saturated heterocycles. The molecule has 2 unspecified atom stereocenters. The van der Waals surface area contributed by atoms with E-state index in [9.17, 15) is 39.0 Å². The van der Waals surface area contributed by atoms with Gasteiger partial charge in [-0.05, 0) is 101 Å². The van der Waals surface area contributed by atoms with Crippen LogP contribution in [0.5, 0.6) is 0 Å². The number of esters is 1. The molecule has 5 rings (SSSR count). The van der Waals surface area contributed by atoms with Crippen LogP contribution in [0.1, 0.15) is 112 Å². The van der Waals surface area contributed by atoms with Crippen molar-refractivity contribution in [2.24, 2.45) is 41.4 Å². The molecule has 0 radical (unpaired) electrons. The number of amides is 1. The standard InChI is InChI=1S/C54H79NO15/c1-11-24-67-53(62)69-42-22-20-37(28-45(42)65-9)27-40-39-18-15-23-55-46(39)52(61)68-44(40)30-41(56)33(4)26-35(6)48(58)49(66-10)47(57)34(5)25-31(2)16-13-12-14-17-32(3)43(64-8)29-38-21-19-36(7)54(63,70-38)50(59)51(55)60/h11-14,16-17,26,31,34-40,42-46,48-49,58,63H,1,15,18-25,27-30H2,2-10H3/t31-,34-,35?,36-,37+,38+,39?,40+,42-,43+,44+,45-,46+,48-,49+,54-/m1/s1. The van der Waals surface area contributed by atoms with Crippen LogP contribution in [0.25, 0.3) is 0 Å². The van der Waals surface area contributed by atoms with Gasteiger partial charge in [0.2, 0.25) is 5.79 Å². The predicted octanol–water partition coefficient (Wildman–Crippen LogP) is 6.75. The Balaban J connectivity index is 1.50. The summed E-state index contributed by atoms with van der Waals surface area (Å²) in [5.41, 5.74) is 1.17. The second-order valence-electron chi connectivity index (χ2n) is 20.5. The van der Waals surface area contributed by atoms with Gasteiger partial charge in [0.15, 0.2) is 11.6 Å². The molecule has 0 aromatic rings. The van der Waals surface area contributed by atoms with Gasteiger partial charge >= 0.3 is 12.1 Å². The highest BCUT2D eigenvalue weighted by molar-refractivity contribution is 6.39. The van der Waals surface area contributed by atoms with E-state index >= 15 is 0 Å². The Labute approximate surface area is 414 Å². The van der Waals surface area contributed by atoms with E-state index in [1.54, 1.807) is 34.0 Å². The van der Waals surface area contributed by atoms with Crippen molar-refractivity contribution in [3.8, 4) is 0 Å². The Bertz CT molecular complexity index is 1990. The lowest BCUT2D eigenvalue weighted by atomic mass is 9.68. The molecule has 2 N–H and O–H groups in total. The molecule has 1 aliphatic carbocycles. The topological polar surface area (TPSA) is 211 Å². The number of rotatable bonds is 8. The fourth-order valence-corrected chi connectivity index (χ4v) is 11.3. The van der Waals surface area contributed by atoms with Crippen molar-refractivity contribution in [2.75, 3.05) is 34.5 Å². The minimum atomic E-state index is -2.47. The molecular weight excluding hydrogens is 903 g/mol. The van der Waals surface area contributed by atoms with E-state index in [0.29, 0.717) is 69.8 Å². The SMILES string of the molecule is C=CCOC(=O)O[C@@H]1CC[C@@H](C[C@H]2C3CCCN4C(=O)C(=O)[C@]5(O)O[C@@H](CC[C@H]5C)C[C@H](OC)C(C)=CC=CC=C[C@@H](C)C[C@@H](C)C(=O)[C@H](OC)[C@H](O)C(C)C=C(C)C(=O)C[C@@H]2OC(=O)[C@H]34)C[C@H]1OC. The molecule has 5 aliphatic rings. The van der Waals surface area contributed by atoms with Crippen LogP contribution in [0.15, 0.2) is 60.3 Å². The number of carbonyl (C=O) groups is 6. The molecule has 1 amide bonds. The second kappa shape index (κ2) is 25.9. The number of carbonyl (C=O) groups excluding carboxylic acids is 6. The van der Waals surface area contributed by atoms with Crippen molar-refractivity contribution < 1.29 is 72.1 Å². The van der Waals surface area contributed by atoms with E-state index in [0.717, 1.165) is 5.57 Å². The number of hydrogen-bond donors (Lipinski definition) is 2. The third-order valence-corrected chi connectivity index (χ3v) is 15.5. The highest BCUT2D eigenvalue weighted by atomic mass is 16.7. The number of aliphatic hydroxyl groups is 2. The molecule has 16 heteroatoms. The first-order valence-corrected chi connectivity index (χ1v) is 25.2. The lowest BCUT2D eigenvalue weighted by Gasteiger charge is -2.50. The maximum absolute atomic E-state index is 14.6. The van der Waals surface area contributed by atoms with Crippen molar-refractivity contribution in [1.82, 2.24) is 4.90 Å². The lowest BCUT2D eigenvalue weighted by molar-refractivity contribution is -0.266. The zero-order valence-corrected chi connectivity index (χ0v) is 42.8. The van der Waals surface area contributed by atoms with Crippen LogP contribution in [-0.2, 0) is 57.1 Å². The maximum atomic E-state index is 14.6. The van der Waals surface area contributed by atoms with Crippen molar-refractivity contribution >= 4 is 35.4 Å². The van der Waals surface area contributed by atoms with Crippen LogP contribution >= 0.6 is 0 Å². The summed E-state index contributed by atoms with van der Waals surface area (Å²) in [6, 6.07) is -1.18. The molecule has 0 spiro atoms. The summed E-state index contributed by atoms with van der Waals surface area (Å²) in [5, 5.41) is 23.6. The summed E-state index contributed by atoms with van der Waals surface area (Å²) < 4.78 is 40.4. The van der Waals surface area contributed by atoms with Crippen LogP contribution in [0.2, 0.25) is 0 Å². The number of ketones is 3. The number of fused-ring (bicyclic) bond motifs is 4. The number of hydrogen-bond acceptors (Lipinski definition) is 15. The monoisotopic (exact) mass is 982 g/mol. The van der Waals surface area contributed by atoms with Gasteiger partial charge in [-0.3, -0.25) is 19.2 Å². The maximum Gasteiger partial charge on any atom is 0.508 e. The van der Waals surface area contributed by atoms with Gasteiger partial charge in [-0.2, -0.15) is 0 Å². The van der Waals surface area contributed by atoms with Gasteiger partial charge < -0.3 is 48.3 Å². The Kier molecular flexibility index (Phi) is 20.9. The number of methoxy groups -OCH3 is 3. The van der Waals surface area contributed by atoms with E-state index in [-0.39, 0.29) is 43.0 Å². The Morgan fingerprint density at radius 3 is 2.34 bits per heavy atom. The number of Topliss-reactive ketones (excluding diaryl/α,β-unsaturated/α-hetero) is 3. The number of aliphatic hydroxyl groups excluding tert-OH is 1. The molecule has 4 heterocycles. The van der Waals surface area contributed by atoms with Gasteiger partial charge in [-0.1, -0.05) is 76.8 Å². The fraction of sp³-hybridized carbons (Fsp3) is 0.704. The van der Waals surface area contributed by atoms with Crippen LogP contribution in [0, 0.1) is 41.4 Å². The Morgan fingerprint density at radius 2 is 1.66 bits per heavy atom. The van der Waals surface area contributed by atoms with Gasteiger partial charge in [-0.25, -0.2) is 9.59 Å². The molecule has 16 atom stereocenters. The summed E-state index contributed by atoms with van der Waals surface area (Å²) in [5.74, 6) is -8.90. The van der Waals surface area contributed by atoms with E-state index in [4.69, 9.17) is 33.2 Å². The zero-order chi connectivity index (χ0) is 51.4. The molecule has 1 saturated carbocycles. The van der Waals surface area contributed by atoms with Crippen LogP contribution < -0.4 is 0 Å². The highest BCUT2D eigenvalue weighted by Gasteiger charge is 2.57. The molecule has 70 heavy (non-hydrogen) atoms. The summed E-state index contributed by atoms with van der Waals surface area (Å²) in [4.78, 5) is 85.0. The number of piperidine rings is 1. The smallest absolute Gasteiger partial charge is 0.460 e. The first kappa shape index (κ1) is 56.6. The largest absolute Gasteiger partial charge is 0.508 e. The molecule has 4 bridgehead atoms. The lowest BCUT2D eigenvalue weighted by Crippen LogP contribution is -2.65. The fourth-order valence-electron chi connectivity index (χ4n) is 11.3. The Hall–Kier alpha value is -4.32. The Morgan fingerprint density at radius 1 is 0.914 bits per heavy atom. The summed E-state index contributed by atoms with van der Waals surface area (Å²) in [6.07, 6.45) is 10.7. The number of allylic oxidation sites excluding steroid dienone is 6. The van der Waals surface area contributed by atoms with Gasteiger partial charge in [0.1, 0.15) is 31.0 Å². The first-order valence-electron chi connectivity index (χ1n) is 25.2. The van der Waals surface area contributed by atoms with E-state index in [2.05, 4.69) is 6.58 Å². The van der Waals surface area contributed by atoms with Crippen LogP contribution in [-0.4, -0.2) is 140 Å². The van der Waals surface area contributed by atoms with Gasteiger partial charge in [-0.15, -0.1) is 0 Å². The van der Waals surface area contributed by atoms with Crippen molar-refractivity contribution in [2.45, 2.75) is 167 Å². The van der Waals surface area contributed by atoms with Gasteiger partial charge in [0.25, 0.3) is 11.7 Å². The average Bonchev–Trinajstić information content (AvgIpc) is 3.33. The van der Waals surface area contributed by atoms with Crippen LogP contribution in [0.4, 0.5) is 4.79 Å². The molecular formula is C54H79NO15. The third-order valence-electron chi connectivity index (χ3n) is 15.5. The van der Waals surface area contributed by atoms with Crippen molar-refractivity contribution in [1.29, 1.82) is 0 Å². The molecule has 390 valence electrons. The quantitative estimate of drug-likeness (QED) is 0.146. The van der Waals surface area contributed by atoms with E-state index < -0.39 is 108 Å². The van der Waals surface area contributed by atoms with Crippen molar-refractivity contribution in [3.63, 3.8) is 0 Å². The third kappa shape index (κ3) is 13.8. The summed E-state index contributed by atoms with van der Waals surface area (Å²) in [7, 11) is 4.49. The molecule has 4 aliphatic heterocycles. The van der Waals surface area contributed by atoms with E-state index in [1.165, 1.54) is 25.2 Å². The summed E-state index contributed by atoms with van der Waals surface area (Å²) in [6.45, 7) is 14.3. The minimum absolute atomic E-state index is 0.00523. The summed E-state index contributed by atoms with van der Waals surface area (Å²) >= 11 is 0. The van der Waals surface area contributed by atoms with Gasteiger partial charge in [0, 0.05) is 64.4 Å². The van der Waals surface area contributed by atoms with E-state index in [1.807, 2.05) is 51.2 Å². The molecule has 0 aromatic carbocycles. The highest BCUT2D eigenvalue weighted by Crippen LogP contribution is 2.45. The zero-order valence-electron chi connectivity index (χ0n) is 42.8. The average molecular weight is 982 g/mol. The number of nitrogens with zero attached hydrogens (tertiary/aromatic N) is 1. The predicted molar refractivity (Wildman–Crippen MR) is 259 cm³/mol. The minimum Gasteiger partial charge on any atom is -0.460 e. The molecule has 0 aromatic heterocycles.